The molecule has 0 radical (unpaired) electrons. The Bertz CT molecular complexity index is 876. The third-order valence-corrected chi connectivity index (χ3v) is 3.95. The van der Waals surface area contributed by atoms with Crippen LogP contribution in [0, 0.1) is 6.92 Å². The molecule has 24 heavy (non-hydrogen) atoms. The van der Waals surface area contributed by atoms with Crippen molar-refractivity contribution in [2.45, 2.75) is 19.0 Å². The number of carbonyl (C=O) groups excluding carboxylic acids is 1. The third-order valence-electron chi connectivity index (χ3n) is 3.38. The fourth-order valence-corrected chi connectivity index (χ4v) is 2.61. The maximum Gasteiger partial charge on any atom is 0.322 e. The monoisotopic (exact) mass is 343 g/mol. The van der Waals surface area contributed by atoms with Gasteiger partial charge in [-0.1, -0.05) is 11.8 Å². The quantitative estimate of drug-likeness (QED) is 0.557. The van der Waals surface area contributed by atoms with Gasteiger partial charge in [0.1, 0.15) is 5.52 Å². The first-order chi connectivity index (χ1) is 11.6. The van der Waals surface area contributed by atoms with Crippen LogP contribution in [0.5, 0.6) is 0 Å². The molecular formula is C16H17N5O2S. The third kappa shape index (κ3) is 3.33. The van der Waals surface area contributed by atoms with Crippen molar-refractivity contribution < 1.29 is 9.21 Å². The number of hydrogen-bond acceptors (Lipinski definition) is 6. The summed E-state index contributed by atoms with van der Waals surface area (Å²) in [4.78, 5) is 24.5. The number of fused-ring (bicyclic) bond motifs is 1. The summed E-state index contributed by atoms with van der Waals surface area (Å²) in [7, 11) is 0. The number of aromatic nitrogens is 3. The number of nitrogens with one attached hydrogen (secondary N) is 2. The van der Waals surface area contributed by atoms with E-state index in [0.29, 0.717) is 17.6 Å². The molecule has 0 bridgehead atoms. The van der Waals surface area contributed by atoms with Gasteiger partial charge in [-0.2, -0.15) is 4.98 Å². The molecule has 0 saturated carbocycles. The van der Waals surface area contributed by atoms with Gasteiger partial charge in [0.2, 0.25) is 0 Å². The van der Waals surface area contributed by atoms with Crippen LogP contribution in [-0.2, 0) is 0 Å². The van der Waals surface area contributed by atoms with Gasteiger partial charge in [0.25, 0.3) is 0 Å². The van der Waals surface area contributed by atoms with E-state index in [1.165, 1.54) is 11.8 Å². The van der Waals surface area contributed by atoms with Crippen LogP contribution in [-0.4, -0.2) is 33.8 Å². The van der Waals surface area contributed by atoms with Crippen molar-refractivity contribution >= 4 is 34.9 Å². The molecule has 0 spiro atoms. The van der Waals surface area contributed by atoms with E-state index in [-0.39, 0.29) is 12.0 Å². The zero-order valence-corrected chi connectivity index (χ0v) is 14.4. The Hall–Kier alpha value is -2.61. The molecule has 2 heterocycles. The molecule has 0 unspecified atom stereocenters. The molecule has 0 aliphatic rings. The average molecular weight is 343 g/mol. The van der Waals surface area contributed by atoms with E-state index in [1.54, 1.807) is 12.4 Å². The number of urea groups is 1. The zero-order valence-electron chi connectivity index (χ0n) is 13.6. The van der Waals surface area contributed by atoms with Crippen LogP contribution >= 0.6 is 11.8 Å². The molecule has 124 valence electrons. The van der Waals surface area contributed by atoms with Gasteiger partial charge in [-0.25, -0.2) is 14.8 Å². The SMILES string of the molecule is CCNC(=O)Nc1nc2cc(-c3cnc(SC)nc3)cc(C)c2o1. The van der Waals surface area contributed by atoms with Crippen molar-refractivity contribution in [3.8, 4) is 11.1 Å². The van der Waals surface area contributed by atoms with Gasteiger partial charge in [-0.15, -0.1) is 0 Å². The first kappa shape index (κ1) is 16.3. The molecular weight excluding hydrogens is 326 g/mol. The van der Waals surface area contributed by atoms with Gasteiger partial charge in [-0.3, -0.25) is 5.32 Å². The van der Waals surface area contributed by atoms with Gasteiger partial charge < -0.3 is 9.73 Å². The second-order valence-electron chi connectivity index (χ2n) is 5.10. The summed E-state index contributed by atoms with van der Waals surface area (Å²) in [6.45, 7) is 4.30. The number of thioether (sulfide) groups is 1. The van der Waals surface area contributed by atoms with Crippen molar-refractivity contribution in [3.63, 3.8) is 0 Å². The molecule has 3 aromatic rings. The smallest absolute Gasteiger partial charge is 0.322 e. The molecule has 2 aromatic heterocycles. The normalized spacial score (nSPS) is 10.8. The lowest BCUT2D eigenvalue weighted by molar-refractivity contribution is 0.252. The molecule has 1 aromatic carbocycles. The molecule has 7 nitrogen and oxygen atoms in total. The Kier molecular flexibility index (Phi) is 4.66. The number of oxazole rings is 1. The maximum absolute atomic E-state index is 11.6. The van der Waals surface area contributed by atoms with Gasteiger partial charge in [-0.05, 0) is 43.4 Å². The molecule has 2 amide bonds. The fraction of sp³-hybridized carbons (Fsp3) is 0.250. The molecule has 0 aliphatic heterocycles. The lowest BCUT2D eigenvalue weighted by atomic mass is 10.1. The first-order valence-electron chi connectivity index (χ1n) is 7.43. The predicted octanol–water partition coefficient (Wildman–Crippen LogP) is 3.46. The molecule has 2 N–H and O–H groups in total. The molecule has 0 fully saturated rings. The number of carbonyl (C=O) groups is 1. The Morgan fingerprint density at radius 3 is 2.67 bits per heavy atom. The number of anilines is 1. The van der Waals surface area contributed by atoms with E-state index in [1.807, 2.05) is 32.2 Å². The standard InChI is InChI=1S/C16H17N5O2S/c1-4-17-14(22)21-15-20-12-6-10(5-9(2)13(12)23-15)11-7-18-16(24-3)19-8-11/h5-8H,4H2,1-3H3,(H2,17,20,21,22). The predicted molar refractivity (Wildman–Crippen MR) is 94.2 cm³/mol. The van der Waals surface area contributed by atoms with E-state index < -0.39 is 0 Å². The highest BCUT2D eigenvalue weighted by molar-refractivity contribution is 7.98. The Morgan fingerprint density at radius 2 is 2.00 bits per heavy atom. The van der Waals surface area contributed by atoms with Gasteiger partial charge in [0, 0.05) is 24.5 Å². The van der Waals surface area contributed by atoms with Gasteiger partial charge >= 0.3 is 12.0 Å². The summed E-state index contributed by atoms with van der Waals surface area (Å²) in [5.74, 6) is 0. The van der Waals surface area contributed by atoms with E-state index in [2.05, 4.69) is 25.6 Å². The summed E-state index contributed by atoms with van der Waals surface area (Å²) < 4.78 is 5.63. The lowest BCUT2D eigenvalue weighted by Gasteiger charge is -2.03. The second-order valence-corrected chi connectivity index (χ2v) is 5.88. The first-order valence-corrected chi connectivity index (χ1v) is 8.65. The summed E-state index contributed by atoms with van der Waals surface area (Å²) >= 11 is 1.50. The van der Waals surface area contributed by atoms with E-state index in [4.69, 9.17) is 4.42 Å². The average Bonchev–Trinajstić information content (AvgIpc) is 2.98. The second kappa shape index (κ2) is 6.88. The largest absolute Gasteiger partial charge is 0.423 e. The van der Waals surface area contributed by atoms with Gasteiger partial charge in [0.05, 0.1) is 0 Å². The molecule has 3 rings (SSSR count). The Balaban J connectivity index is 1.95. The van der Waals surface area contributed by atoms with Crippen molar-refractivity contribution in [3.05, 3.63) is 30.1 Å². The van der Waals surface area contributed by atoms with Crippen LogP contribution in [0.2, 0.25) is 0 Å². The number of aryl methyl sites for hydroxylation is 1. The number of hydrogen-bond donors (Lipinski definition) is 2. The number of benzene rings is 1. The summed E-state index contributed by atoms with van der Waals surface area (Å²) in [6.07, 6.45) is 5.50. The van der Waals surface area contributed by atoms with Crippen molar-refractivity contribution in [1.82, 2.24) is 20.3 Å². The topological polar surface area (TPSA) is 92.9 Å². The lowest BCUT2D eigenvalue weighted by Crippen LogP contribution is -2.28. The van der Waals surface area contributed by atoms with Crippen molar-refractivity contribution in [2.24, 2.45) is 0 Å². The van der Waals surface area contributed by atoms with E-state index >= 15 is 0 Å². The van der Waals surface area contributed by atoms with Crippen LogP contribution in [0.25, 0.3) is 22.2 Å². The van der Waals surface area contributed by atoms with Crippen LogP contribution in [0.1, 0.15) is 12.5 Å². The number of nitrogens with zero attached hydrogens (tertiary/aromatic N) is 3. The van der Waals surface area contributed by atoms with E-state index in [9.17, 15) is 4.79 Å². The van der Waals surface area contributed by atoms with Crippen LogP contribution in [0.4, 0.5) is 10.8 Å². The minimum absolute atomic E-state index is 0.171. The van der Waals surface area contributed by atoms with E-state index in [0.717, 1.165) is 21.8 Å². The summed E-state index contributed by atoms with van der Waals surface area (Å²) in [5, 5.41) is 5.94. The minimum atomic E-state index is -0.344. The molecule has 0 saturated heterocycles. The minimum Gasteiger partial charge on any atom is -0.423 e. The molecule has 0 atom stereocenters. The molecule has 8 heteroatoms. The van der Waals surface area contributed by atoms with Crippen LogP contribution in [0.15, 0.2) is 34.1 Å². The van der Waals surface area contributed by atoms with Crippen LogP contribution in [0.3, 0.4) is 0 Å². The highest BCUT2D eigenvalue weighted by atomic mass is 32.2. The number of amides is 2. The highest BCUT2D eigenvalue weighted by Gasteiger charge is 2.13. The highest BCUT2D eigenvalue weighted by Crippen LogP contribution is 2.29. The van der Waals surface area contributed by atoms with Gasteiger partial charge in [0.15, 0.2) is 10.7 Å². The summed E-state index contributed by atoms with van der Waals surface area (Å²) in [5.41, 5.74) is 4.09. The fourth-order valence-electron chi connectivity index (χ4n) is 2.29. The van der Waals surface area contributed by atoms with Crippen molar-refractivity contribution in [2.75, 3.05) is 18.1 Å². The maximum atomic E-state index is 11.6. The zero-order chi connectivity index (χ0) is 17.1. The van der Waals surface area contributed by atoms with Crippen molar-refractivity contribution in [1.29, 1.82) is 0 Å². The van der Waals surface area contributed by atoms with Crippen LogP contribution < -0.4 is 10.6 Å². The Morgan fingerprint density at radius 1 is 1.25 bits per heavy atom. The molecule has 0 aliphatic carbocycles. The summed E-state index contributed by atoms with van der Waals surface area (Å²) in [6, 6.07) is 3.71. The number of rotatable bonds is 4. The Labute approximate surface area is 143 Å².